The molecule has 0 radical (unpaired) electrons. The van der Waals surface area contributed by atoms with Gasteiger partial charge >= 0.3 is 0 Å². The lowest BCUT2D eigenvalue weighted by Crippen LogP contribution is -2.02. The van der Waals surface area contributed by atoms with Gasteiger partial charge in [-0.3, -0.25) is 0 Å². The molecule has 0 bridgehead atoms. The highest BCUT2D eigenvalue weighted by molar-refractivity contribution is 6.30. The number of nitrogen functional groups attached to an aromatic ring is 1. The van der Waals surface area contributed by atoms with Crippen molar-refractivity contribution in [1.29, 1.82) is 0 Å². The van der Waals surface area contributed by atoms with Gasteiger partial charge in [0.15, 0.2) is 5.82 Å². The molecule has 1 aromatic heterocycles. The maximum Gasteiger partial charge on any atom is 0.190 e. The third kappa shape index (κ3) is 2.43. The van der Waals surface area contributed by atoms with Crippen molar-refractivity contribution in [2.24, 2.45) is 0 Å². The van der Waals surface area contributed by atoms with Crippen LogP contribution in [0.1, 0.15) is 0 Å². The summed E-state index contributed by atoms with van der Waals surface area (Å²) in [5, 5.41) is 11.0. The van der Waals surface area contributed by atoms with Crippen LogP contribution in [0.2, 0.25) is 5.02 Å². The molecule has 0 atom stereocenters. The summed E-state index contributed by atoms with van der Waals surface area (Å²) in [6, 6.07) is 8.04. The summed E-state index contributed by atoms with van der Waals surface area (Å²) in [4.78, 5) is 0. The van der Waals surface area contributed by atoms with E-state index in [1.807, 2.05) is 0 Å². The number of nitrogens with two attached hydrogens (primary N) is 1. The van der Waals surface area contributed by atoms with Crippen LogP contribution in [0.4, 0.5) is 14.5 Å². The zero-order chi connectivity index (χ0) is 15.0. The van der Waals surface area contributed by atoms with E-state index in [0.717, 1.165) is 0 Å². The summed E-state index contributed by atoms with van der Waals surface area (Å²) < 4.78 is 28.4. The molecule has 0 aliphatic carbocycles. The number of hydrogen-bond donors (Lipinski definition) is 1. The van der Waals surface area contributed by atoms with Gasteiger partial charge in [-0.15, -0.1) is 5.10 Å². The predicted molar refractivity (Wildman–Crippen MR) is 73.9 cm³/mol. The van der Waals surface area contributed by atoms with Gasteiger partial charge in [0.05, 0.1) is 16.3 Å². The topological polar surface area (TPSA) is 69.6 Å². The molecule has 0 aliphatic rings. The first-order valence-corrected chi connectivity index (χ1v) is 6.23. The minimum absolute atomic E-state index is 0.0815. The van der Waals surface area contributed by atoms with Crippen molar-refractivity contribution in [3.05, 3.63) is 53.1 Å². The van der Waals surface area contributed by atoms with Crippen molar-refractivity contribution in [3.8, 4) is 17.1 Å². The quantitative estimate of drug-likeness (QED) is 0.739. The van der Waals surface area contributed by atoms with Gasteiger partial charge in [0, 0.05) is 5.69 Å². The molecule has 0 saturated carbocycles. The fraction of sp³-hybridized carbons (Fsp3) is 0. The van der Waals surface area contributed by atoms with Gasteiger partial charge < -0.3 is 5.73 Å². The summed E-state index contributed by atoms with van der Waals surface area (Å²) >= 11 is 5.73. The first kappa shape index (κ1) is 13.4. The molecule has 5 nitrogen and oxygen atoms in total. The molecular formula is C13H8ClF2N5. The van der Waals surface area contributed by atoms with Crippen LogP contribution in [0, 0.1) is 11.6 Å². The highest BCUT2D eigenvalue weighted by atomic mass is 35.5. The van der Waals surface area contributed by atoms with Gasteiger partial charge in [-0.05, 0) is 46.8 Å². The molecule has 0 unspecified atom stereocenters. The van der Waals surface area contributed by atoms with Gasteiger partial charge in [-0.25, -0.2) is 8.78 Å². The van der Waals surface area contributed by atoms with Gasteiger partial charge in [0.2, 0.25) is 0 Å². The van der Waals surface area contributed by atoms with E-state index in [9.17, 15) is 8.78 Å². The van der Waals surface area contributed by atoms with E-state index in [4.69, 9.17) is 17.3 Å². The van der Waals surface area contributed by atoms with Gasteiger partial charge in [0.25, 0.3) is 0 Å². The third-order valence-electron chi connectivity index (χ3n) is 2.85. The molecule has 106 valence electrons. The molecule has 21 heavy (non-hydrogen) atoms. The Hall–Kier alpha value is -2.54. The Morgan fingerprint density at radius 3 is 2.57 bits per heavy atom. The monoisotopic (exact) mass is 307 g/mol. The number of halogens is 3. The van der Waals surface area contributed by atoms with Crippen LogP contribution in [0.25, 0.3) is 17.1 Å². The van der Waals surface area contributed by atoms with E-state index in [-0.39, 0.29) is 16.4 Å². The molecule has 3 rings (SSSR count). The lowest BCUT2D eigenvalue weighted by atomic mass is 10.1. The zero-order valence-corrected chi connectivity index (χ0v) is 11.2. The number of hydrogen-bond acceptors (Lipinski definition) is 4. The fourth-order valence-corrected chi connectivity index (χ4v) is 2.03. The van der Waals surface area contributed by atoms with Crippen molar-refractivity contribution < 1.29 is 8.78 Å². The normalized spacial score (nSPS) is 10.8. The largest absolute Gasteiger partial charge is 0.399 e. The summed E-state index contributed by atoms with van der Waals surface area (Å²) in [6.45, 7) is 0. The fourth-order valence-electron chi connectivity index (χ4n) is 1.86. The predicted octanol–water partition coefficient (Wildman–Crippen LogP) is 2.84. The van der Waals surface area contributed by atoms with E-state index >= 15 is 0 Å². The number of benzene rings is 2. The average Bonchev–Trinajstić information content (AvgIpc) is 2.93. The Morgan fingerprint density at radius 2 is 1.81 bits per heavy atom. The molecule has 0 amide bonds. The van der Waals surface area contributed by atoms with Gasteiger partial charge in [-0.1, -0.05) is 11.6 Å². The standard InChI is InChI=1S/C13H8ClF2N5/c14-10-6-8(2-4-12(10)16)21-13(18-19-20-21)9-5-7(17)1-3-11(9)15/h1-6H,17H2. The molecule has 2 N–H and O–H groups in total. The number of nitrogens with zero attached hydrogens (tertiary/aromatic N) is 4. The second-order valence-corrected chi connectivity index (χ2v) is 4.66. The van der Waals surface area contributed by atoms with Crippen LogP contribution in [-0.2, 0) is 0 Å². The lowest BCUT2D eigenvalue weighted by molar-refractivity contribution is 0.626. The maximum atomic E-state index is 13.9. The zero-order valence-electron chi connectivity index (χ0n) is 10.5. The maximum absolute atomic E-state index is 13.9. The van der Waals surface area contributed by atoms with E-state index in [2.05, 4.69) is 15.5 Å². The minimum Gasteiger partial charge on any atom is -0.399 e. The molecular weight excluding hydrogens is 300 g/mol. The summed E-state index contributed by atoms with van der Waals surface area (Å²) in [7, 11) is 0. The first-order chi connectivity index (χ1) is 10.1. The van der Waals surface area contributed by atoms with Crippen molar-refractivity contribution in [1.82, 2.24) is 20.2 Å². The number of aromatic nitrogens is 4. The molecule has 0 spiro atoms. The van der Waals surface area contributed by atoms with Gasteiger partial charge in [0.1, 0.15) is 11.6 Å². The van der Waals surface area contributed by atoms with E-state index in [0.29, 0.717) is 11.4 Å². The second kappa shape index (κ2) is 5.10. The number of anilines is 1. The summed E-state index contributed by atoms with van der Waals surface area (Å²) in [5.41, 5.74) is 6.57. The smallest absolute Gasteiger partial charge is 0.190 e. The first-order valence-electron chi connectivity index (χ1n) is 5.85. The van der Waals surface area contributed by atoms with Crippen molar-refractivity contribution in [2.75, 3.05) is 5.73 Å². The molecule has 0 aliphatic heterocycles. The molecule has 0 saturated heterocycles. The third-order valence-corrected chi connectivity index (χ3v) is 3.14. The van der Waals surface area contributed by atoms with Gasteiger partial charge in [-0.2, -0.15) is 4.68 Å². The number of rotatable bonds is 2. The average molecular weight is 308 g/mol. The molecule has 0 fully saturated rings. The molecule has 1 heterocycles. The summed E-state index contributed by atoms with van der Waals surface area (Å²) in [5.74, 6) is -0.943. The van der Waals surface area contributed by atoms with Crippen LogP contribution in [0.15, 0.2) is 36.4 Å². The second-order valence-electron chi connectivity index (χ2n) is 4.25. The molecule has 3 aromatic rings. The van der Waals surface area contributed by atoms with Crippen LogP contribution in [0.5, 0.6) is 0 Å². The van der Waals surface area contributed by atoms with Crippen molar-refractivity contribution in [2.45, 2.75) is 0 Å². The van der Waals surface area contributed by atoms with Crippen molar-refractivity contribution in [3.63, 3.8) is 0 Å². The Balaban J connectivity index is 2.17. The Morgan fingerprint density at radius 1 is 1.05 bits per heavy atom. The minimum atomic E-state index is -0.565. The van der Waals surface area contributed by atoms with Crippen LogP contribution < -0.4 is 5.73 Å². The Kier molecular flexibility index (Phi) is 3.26. The molecule has 2 aromatic carbocycles. The van der Waals surface area contributed by atoms with Crippen molar-refractivity contribution >= 4 is 17.3 Å². The SMILES string of the molecule is Nc1ccc(F)c(-c2nnnn2-c2ccc(F)c(Cl)c2)c1. The highest BCUT2D eigenvalue weighted by Crippen LogP contribution is 2.26. The molecule has 8 heteroatoms. The summed E-state index contributed by atoms with van der Waals surface area (Å²) in [6.07, 6.45) is 0. The Labute approximate surface area is 123 Å². The van der Waals surface area contributed by atoms with E-state index in [1.165, 1.54) is 41.1 Å². The lowest BCUT2D eigenvalue weighted by Gasteiger charge is -2.07. The van der Waals surface area contributed by atoms with Crippen LogP contribution in [0.3, 0.4) is 0 Å². The Bertz CT molecular complexity index is 818. The van der Waals surface area contributed by atoms with Crippen LogP contribution >= 0.6 is 11.6 Å². The van der Waals surface area contributed by atoms with Crippen LogP contribution in [-0.4, -0.2) is 20.2 Å². The number of tetrazole rings is 1. The van der Waals surface area contributed by atoms with E-state index < -0.39 is 11.6 Å². The van der Waals surface area contributed by atoms with E-state index in [1.54, 1.807) is 0 Å². The highest BCUT2D eigenvalue weighted by Gasteiger charge is 2.16.